The quantitative estimate of drug-likeness (QED) is 0.420. The molecule has 1 aromatic rings. The fraction of sp³-hybridized carbons (Fsp3) is 0.529. The lowest BCUT2D eigenvalue weighted by Crippen LogP contribution is -2.61. The summed E-state index contributed by atoms with van der Waals surface area (Å²) in [5, 5.41) is 21.6. The highest BCUT2D eigenvalue weighted by Gasteiger charge is 2.41. The van der Waals surface area contributed by atoms with Gasteiger partial charge in [0.25, 0.3) is 0 Å². The van der Waals surface area contributed by atoms with Crippen molar-refractivity contribution in [3.8, 4) is 0 Å². The highest BCUT2D eigenvalue weighted by atomic mass is 16.5. The average Bonchev–Trinajstić information content (AvgIpc) is 2.67. The van der Waals surface area contributed by atoms with Crippen molar-refractivity contribution in [1.82, 2.24) is 15.7 Å². The number of para-hydroxylation sites is 1. The summed E-state index contributed by atoms with van der Waals surface area (Å²) in [6, 6.07) is 9.31. The van der Waals surface area contributed by atoms with E-state index >= 15 is 0 Å². The molecule has 0 aliphatic carbocycles. The van der Waals surface area contributed by atoms with Gasteiger partial charge in [0.15, 0.2) is 0 Å². The van der Waals surface area contributed by atoms with Gasteiger partial charge in [-0.1, -0.05) is 18.2 Å². The van der Waals surface area contributed by atoms with Crippen LogP contribution in [-0.4, -0.2) is 71.9 Å². The number of rotatable bonds is 3. The Bertz CT molecular complexity index is 604. The number of aliphatic hydroxyl groups excluding tert-OH is 1. The number of carbonyl (C=O) groups is 2. The summed E-state index contributed by atoms with van der Waals surface area (Å²) in [7, 11) is 0. The van der Waals surface area contributed by atoms with Crippen LogP contribution in [0.3, 0.4) is 0 Å². The van der Waals surface area contributed by atoms with Crippen molar-refractivity contribution < 1.29 is 19.9 Å². The molecule has 3 rings (SSSR count). The molecule has 0 radical (unpaired) electrons. The van der Waals surface area contributed by atoms with Gasteiger partial charge >= 0.3 is 0 Å². The minimum absolute atomic E-state index is 0.153. The second-order valence-electron chi connectivity index (χ2n) is 6.51. The second kappa shape index (κ2) is 7.81. The van der Waals surface area contributed by atoms with Crippen molar-refractivity contribution in [2.75, 3.05) is 37.6 Å². The highest BCUT2D eigenvalue weighted by molar-refractivity contribution is 5.90. The number of hydroxylamine groups is 1. The molecule has 2 aliphatic rings. The molecule has 2 fully saturated rings. The van der Waals surface area contributed by atoms with E-state index in [-0.39, 0.29) is 18.9 Å². The minimum Gasteiger partial charge on any atom is -0.392 e. The largest absolute Gasteiger partial charge is 0.392 e. The third-order valence-corrected chi connectivity index (χ3v) is 4.93. The summed E-state index contributed by atoms with van der Waals surface area (Å²) in [6.45, 7) is 2.85. The van der Waals surface area contributed by atoms with Crippen molar-refractivity contribution >= 4 is 17.5 Å². The number of nitrogens with zero attached hydrogens (tertiary/aromatic N) is 2. The Hall–Kier alpha value is -2.16. The molecule has 0 spiro atoms. The molecule has 0 saturated carbocycles. The summed E-state index contributed by atoms with van der Waals surface area (Å²) < 4.78 is 0. The number of aliphatic hydroxyl groups is 1. The lowest BCUT2D eigenvalue weighted by Gasteiger charge is -2.40. The molecule has 2 heterocycles. The van der Waals surface area contributed by atoms with Crippen LogP contribution in [0.15, 0.2) is 30.3 Å². The van der Waals surface area contributed by atoms with E-state index in [1.54, 1.807) is 10.4 Å². The van der Waals surface area contributed by atoms with Gasteiger partial charge < -0.3 is 20.2 Å². The Kier molecular flexibility index (Phi) is 5.52. The van der Waals surface area contributed by atoms with E-state index in [1.807, 2.05) is 30.3 Å². The predicted molar refractivity (Wildman–Crippen MR) is 91.1 cm³/mol. The Labute approximate surface area is 146 Å². The van der Waals surface area contributed by atoms with Crippen molar-refractivity contribution in [2.24, 2.45) is 5.92 Å². The summed E-state index contributed by atoms with van der Waals surface area (Å²) in [6.07, 6.45) is -0.555. The minimum atomic E-state index is -0.784. The first kappa shape index (κ1) is 17.7. The van der Waals surface area contributed by atoms with Gasteiger partial charge in [-0.05, 0) is 18.6 Å². The van der Waals surface area contributed by atoms with Crippen LogP contribution in [0.4, 0.5) is 5.69 Å². The standard InChI is InChI=1S/C17H24N4O4/c22-13-10-14(16(23)19-25)15(18-11-13)17(24)21-8-6-20(7-9-21)12-4-2-1-3-5-12/h1-5,13-15,18,22,25H,6-11H2,(H,19,23)/t13-,14?,15?/m0/s1. The van der Waals surface area contributed by atoms with E-state index < -0.39 is 24.0 Å². The van der Waals surface area contributed by atoms with Crippen molar-refractivity contribution in [2.45, 2.75) is 18.6 Å². The van der Waals surface area contributed by atoms with Gasteiger partial charge in [0.05, 0.1) is 18.1 Å². The van der Waals surface area contributed by atoms with Crippen LogP contribution >= 0.6 is 0 Å². The Morgan fingerprint density at radius 3 is 2.44 bits per heavy atom. The van der Waals surface area contributed by atoms with E-state index in [1.165, 1.54) is 0 Å². The number of hydrogen-bond acceptors (Lipinski definition) is 6. The predicted octanol–water partition coefficient (Wildman–Crippen LogP) is -0.820. The molecule has 25 heavy (non-hydrogen) atoms. The topological polar surface area (TPSA) is 105 Å². The lowest BCUT2D eigenvalue weighted by molar-refractivity contribution is -0.145. The van der Waals surface area contributed by atoms with Crippen LogP contribution in [0.5, 0.6) is 0 Å². The summed E-state index contributed by atoms with van der Waals surface area (Å²) in [5.74, 6) is -1.59. The van der Waals surface area contributed by atoms with Gasteiger partial charge in [0.1, 0.15) is 0 Å². The number of piperazine rings is 1. The fourth-order valence-corrected chi connectivity index (χ4v) is 3.54. The molecular formula is C17H24N4O4. The lowest BCUT2D eigenvalue weighted by atomic mass is 9.87. The van der Waals surface area contributed by atoms with E-state index in [4.69, 9.17) is 5.21 Å². The maximum absolute atomic E-state index is 12.8. The normalized spacial score (nSPS) is 27.0. The van der Waals surface area contributed by atoms with Gasteiger partial charge in [0.2, 0.25) is 11.8 Å². The molecule has 8 heteroatoms. The zero-order valence-corrected chi connectivity index (χ0v) is 14.0. The molecule has 0 aromatic heterocycles. The molecule has 136 valence electrons. The van der Waals surface area contributed by atoms with E-state index in [0.29, 0.717) is 13.1 Å². The summed E-state index contributed by atoms with van der Waals surface area (Å²) in [5.41, 5.74) is 2.73. The second-order valence-corrected chi connectivity index (χ2v) is 6.51. The Morgan fingerprint density at radius 2 is 1.80 bits per heavy atom. The highest BCUT2D eigenvalue weighted by Crippen LogP contribution is 2.21. The number of piperidine rings is 1. The van der Waals surface area contributed by atoms with Crippen LogP contribution in [0, 0.1) is 5.92 Å². The maximum atomic E-state index is 12.8. The van der Waals surface area contributed by atoms with Crippen molar-refractivity contribution in [3.05, 3.63) is 30.3 Å². The zero-order valence-electron chi connectivity index (χ0n) is 14.0. The molecule has 3 atom stereocenters. The average molecular weight is 348 g/mol. The number of hydrogen-bond donors (Lipinski definition) is 4. The third-order valence-electron chi connectivity index (χ3n) is 4.93. The third kappa shape index (κ3) is 3.92. The fourth-order valence-electron chi connectivity index (χ4n) is 3.54. The molecule has 4 N–H and O–H groups in total. The van der Waals surface area contributed by atoms with Crippen LogP contribution in [0.25, 0.3) is 0 Å². The van der Waals surface area contributed by atoms with Crippen molar-refractivity contribution in [3.63, 3.8) is 0 Å². The summed E-state index contributed by atoms with van der Waals surface area (Å²) >= 11 is 0. The van der Waals surface area contributed by atoms with Gasteiger partial charge in [-0.3, -0.25) is 14.8 Å². The zero-order chi connectivity index (χ0) is 17.8. The number of β-amino-alcohol motifs (C(OH)–C–C–N with tert-alkyl or cyclic N) is 1. The molecule has 2 unspecified atom stereocenters. The molecule has 8 nitrogen and oxygen atoms in total. The Morgan fingerprint density at radius 1 is 1.12 bits per heavy atom. The van der Waals surface area contributed by atoms with E-state index in [9.17, 15) is 14.7 Å². The summed E-state index contributed by atoms with van der Waals surface area (Å²) in [4.78, 5) is 28.7. The SMILES string of the molecule is O=C(NO)C1C[C@H](O)CNC1C(=O)N1CCN(c2ccccc2)CC1. The first-order valence-corrected chi connectivity index (χ1v) is 8.54. The molecule has 2 aliphatic heterocycles. The molecule has 1 aromatic carbocycles. The first-order chi connectivity index (χ1) is 12.1. The molecule has 0 bridgehead atoms. The van der Waals surface area contributed by atoms with Crippen molar-refractivity contribution in [1.29, 1.82) is 0 Å². The number of nitrogens with one attached hydrogen (secondary N) is 2. The van der Waals surface area contributed by atoms with Crippen LogP contribution < -0.4 is 15.7 Å². The van der Waals surface area contributed by atoms with Crippen LogP contribution in [0.2, 0.25) is 0 Å². The molecule has 2 amide bonds. The van der Waals surface area contributed by atoms with Gasteiger partial charge in [-0.15, -0.1) is 0 Å². The molecular weight excluding hydrogens is 324 g/mol. The van der Waals surface area contributed by atoms with Crippen LogP contribution in [0.1, 0.15) is 6.42 Å². The molecule has 2 saturated heterocycles. The number of amides is 2. The first-order valence-electron chi connectivity index (χ1n) is 8.54. The van der Waals surface area contributed by atoms with Crippen LogP contribution in [-0.2, 0) is 9.59 Å². The van der Waals surface area contributed by atoms with Gasteiger partial charge in [0, 0.05) is 38.4 Å². The number of carbonyl (C=O) groups excluding carboxylic acids is 2. The Balaban J connectivity index is 1.62. The van der Waals surface area contributed by atoms with E-state index in [0.717, 1.165) is 18.8 Å². The number of benzene rings is 1. The van der Waals surface area contributed by atoms with E-state index in [2.05, 4.69) is 10.2 Å². The smallest absolute Gasteiger partial charge is 0.248 e. The monoisotopic (exact) mass is 348 g/mol. The maximum Gasteiger partial charge on any atom is 0.248 e. The number of anilines is 1. The van der Waals surface area contributed by atoms with Gasteiger partial charge in [-0.2, -0.15) is 0 Å². The van der Waals surface area contributed by atoms with Gasteiger partial charge in [-0.25, -0.2) is 5.48 Å².